The molecule has 9 heteroatoms. The van der Waals surface area contributed by atoms with Crippen LogP contribution < -0.4 is 9.62 Å². The van der Waals surface area contributed by atoms with Gasteiger partial charge < -0.3 is 9.88 Å². The van der Waals surface area contributed by atoms with Gasteiger partial charge in [-0.05, 0) is 30.3 Å². The third kappa shape index (κ3) is 2.68. The molecule has 1 atom stereocenters. The lowest BCUT2D eigenvalue weighted by atomic mass is 10.3. The van der Waals surface area contributed by atoms with Crippen LogP contribution in [0.15, 0.2) is 52.3 Å². The topological polar surface area (TPSA) is 84.3 Å². The number of aromatic nitrogens is 2. The molecule has 28 heavy (non-hydrogen) atoms. The zero-order valence-corrected chi connectivity index (χ0v) is 16.8. The minimum Gasteiger partial charge on any atom is -0.325 e. The molecule has 2 aliphatic rings. The molecular formula is C19H18N4O3S2. The first-order chi connectivity index (χ1) is 13.4. The number of amides is 1. The molecule has 2 aromatic carbocycles. The van der Waals surface area contributed by atoms with Gasteiger partial charge in [0.05, 0.1) is 28.2 Å². The van der Waals surface area contributed by atoms with E-state index in [2.05, 4.69) is 10.3 Å². The first kappa shape index (κ1) is 17.6. The molecule has 1 aromatic heterocycles. The van der Waals surface area contributed by atoms with Crippen molar-refractivity contribution >= 4 is 50.4 Å². The Labute approximate surface area is 166 Å². The van der Waals surface area contributed by atoms with E-state index in [0.29, 0.717) is 31.1 Å². The number of rotatable bonds is 2. The van der Waals surface area contributed by atoms with Gasteiger partial charge in [-0.3, -0.25) is 4.79 Å². The van der Waals surface area contributed by atoms with Crippen molar-refractivity contribution in [2.45, 2.75) is 34.9 Å². The maximum absolute atomic E-state index is 13.3. The van der Waals surface area contributed by atoms with Crippen LogP contribution in [0.3, 0.4) is 0 Å². The smallest absolute Gasteiger partial charge is 0.266 e. The van der Waals surface area contributed by atoms with Gasteiger partial charge in [-0.25, -0.2) is 17.7 Å². The van der Waals surface area contributed by atoms with Crippen molar-refractivity contribution in [2.75, 3.05) is 16.2 Å². The number of sulfonamides is 1. The standard InChI is InChI=1S/C19H18N4O3S2/c1-12-10-18(24)20-15-11-13(6-7-17(15)27-12)28(25,26)23-9-8-22-16-5-3-2-4-14(16)21-19(22)23/h2-7,11-12H,8-10H2,1H3,(H,20,24)/t12-/m0/s1. The molecule has 0 bridgehead atoms. The normalized spacial score (nSPS) is 19.2. The maximum Gasteiger partial charge on any atom is 0.266 e. The second-order valence-corrected chi connectivity index (χ2v) is 10.3. The van der Waals surface area contributed by atoms with Crippen molar-refractivity contribution in [2.24, 2.45) is 0 Å². The first-order valence-electron chi connectivity index (χ1n) is 9.02. The Kier molecular flexibility index (Phi) is 3.92. The predicted octanol–water partition coefficient (Wildman–Crippen LogP) is 3.07. The van der Waals surface area contributed by atoms with E-state index in [4.69, 9.17) is 0 Å². The summed E-state index contributed by atoms with van der Waals surface area (Å²) in [6, 6.07) is 12.6. The van der Waals surface area contributed by atoms with Crippen LogP contribution in [0, 0.1) is 0 Å². The largest absolute Gasteiger partial charge is 0.325 e. The van der Waals surface area contributed by atoms with Gasteiger partial charge in [0, 0.05) is 23.1 Å². The predicted molar refractivity (Wildman–Crippen MR) is 109 cm³/mol. The number of thioether (sulfide) groups is 1. The molecule has 0 unspecified atom stereocenters. The quantitative estimate of drug-likeness (QED) is 0.697. The molecular weight excluding hydrogens is 396 g/mol. The van der Waals surface area contributed by atoms with Crippen LogP contribution in [0.4, 0.5) is 11.6 Å². The SMILES string of the molecule is C[C@H]1CC(=O)Nc2cc(S(=O)(=O)N3CCn4c3nc3ccccc34)ccc2S1. The summed E-state index contributed by atoms with van der Waals surface area (Å²) in [5.74, 6) is 0.333. The Morgan fingerprint density at radius 1 is 1.18 bits per heavy atom. The van der Waals surface area contributed by atoms with Crippen molar-refractivity contribution in [3.05, 3.63) is 42.5 Å². The van der Waals surface area contributed by atoms with Gasteiger partial charge in [0.2, 0.25) is 11.9 Å². The molecule has 0 radical (unpaired) electrons. The van der Waals surface area contributed by atoms with Crippen LogP contribution in [0.2, 0.25) is 0 Å². The van der Waals surface area contributed by atoms with E-state index >= 15 is 0 Å². The van der Waals surface area contributed by atoms with Gasteiger partial charge >= 0.3 is 0 Å². The van der Waals surface area contributed by atoms with Gasteiger partial charge in [-0.2, -0.15) is 0 Å². The molecule has 1 amide bonds. The summed E-state index contributed by atoms with van der Waals surface area (Å²) in [6.07, 6.45) is 0.400. The summed E-state index contributed by atoms with van der Waals surface area (Å²) in [5, 5.41) is 2.97. The molecule has 0 aliphatic carbocycles. The number of hydrogen-bond donors (Lipinski definition) is 1. The minimum absolute atomic E-state index is 0.101. The van der Waals surface area contributed by atoms with E-state index in [-0.39, 0.29) is 16.1 Å². The molecule has 5 rings (SSSR count). The van der Waals surface area contributed by atoms with Gasteiger partial charge in [-0.15, -0.1) is 11.8 Å². The lowest BCUT2D eigenvalue weighted by Gasteiger charge is -2.18. The number of nitrogens with zero attached hydrogens (tertiary/aromatic N) is 3. The Hall–Kier alpha value is -2.52. The average Bonchev–Trinajstić information content (AvgIpc) is 3.17. The minimum atomic E-state index is -3.79. The van der Waals surface area contributed by atoms with E-state index in [1.165, 1.54) is 4.31 Å². The van der Waals surface area contributed by atoms with Crippen molar-refractivity contribution < 1.29 is 13.2 Å². The van der Waals surface area contributed by atoms with E-state index < -0.39 is 10.0 Å². The zero-order valence-electron chi connectivity index (χ0n) is 15.1. The fourth-order valence-electron chi connectivity index (χ4n) is 3.71. The third-order valence-electron chi connectivity index (χ3n) is 5.00. The van der Waals surface area contributed by atoms with Gasteiger partial charge in [0.15, 0.2) is 0 Å². The lowest BCUT2D eigenvalue weighted by Crippen LogP contribution is -2.29. The lowest BCUT2D eigenvalue weighted by molar-refractivity contribution is -0.116. The number of nitrogens with one attached hydrogen (secondary N) is 1. The Bertz CT molecular complexity index is 1220. The molecule has 1 N–H and O–H groups in total. The molecule has 2 aliphatic heterocycles. The van der Waals surface area contributed by atoms with Crippen LogP contribution in [0.1, 0.15) is 13.3 Å². The van der Waals surface area contributed by atoms with Crippen molar-refractivity contribution in [3.63, 3.8) is 0 Å². The highest BCUT2D eigenvalue weighted by atomic mass is 32.2. The van der Waals surface area contributed by atoms with E-state index in [0.717, 1.165) is 15.9 Å². The monoisotopic (exact) mass is 414 g/mol. The van der Waals surface area contributed by atoms with E-state index in [1.54, 1.807) is 30.0 Å². The number of benzene rings is 2. The summed E-state index contributed by atoms with van der Waals surface area (Å²) < 4.78 is 30.0. The molecule has 3 aromatic rings. The molecule has 3 heterocycles. The summed E-state index contributed by atoms with van der Waals surface area (Å²) in [7, 11) is -3.79. The van der Waals surface area contributed by atoms with Crippen LogP contribution in [-0.2, 0) is 21.4 Å². The van der Waals surface area contributed by atoms with Crippen LogP contribution in [0.5, 0.6) is 0 Å². The molecule has 0 saturated carbocycles. The van der Waals surface area contributed by atoms with Gasteiger partial charge in [0.1, 0.15) is 0 Å². The molecule has 0 saturated heterocycles. The van der Waals surface area contributed by atoms with Gasteiger partial charge in [-0.1, -0.05) is 19.1 Å². The highest BCUT2D eigenvalue weighted by Gasteiger charge is 2.34. The second-order valence-electron chi connectivity index (χ2n) is 6.97. The molecule has 0 fully saturated rings. The highest BCUT2D eigenvalue weighted by Crippen LogP contribution is 2.38. The number of anilines is 2. The maximum atomic E-state index is 13.3. The number of carbonyl (C=O) groups is 1. The zero-order chi connectivity index (χ0) is 19.5. The Balaban J connectivity index is 1.57. The van der Waals surface area contributed by atoms with Crippen LogP contribution >= 0.6 is 11.8 Å². The van der Waals surface area contributed by atoms with Crippen molar-refractivity contribution in [1.82, 2.24) is 9.55 Å². The number of fused-ring (bicyclic) bond motifs is 4. The number of para-hydroxylation sites is 2. The summed E-state index contributed by atoms with van der Waals surface area (Å²) >= 11 is 1.57. The van der Waals surface area contributed by atoms with Crippen LogP contribution in [0.25, 0.3) is 11.0 Å². The molecule has 144 valence electrons. The molecule has 7 nitrogen and oxygen atoms in total. The highest BCUT2D eigenvalue weighted by molar-refractivity contribution is 8.00. The van der Waals surface area contributed by atoms with E-state index in [9.17, 15) is 13.2 Å². The number of carbonyl (C=O) groups excluding carboxylic acids is 1. The van der Waals surface area contributed by atoms with Crippen molar-refractivity contribution in [3.8, 4) is 0 Å². The Morgan fingerprint density at radius 2 is 2.00 bits per heavy atom. The average molecular weight is 415 g/mol. The summed E-state index contributed by atoms with van der Waals surface area (Å²) in [6.45, 7) is 2.88. The van der Waals surface area contributed by atoms with Crippen LogP contribution in [-0.4, -0.2) is 35.7 Å². The summed E-state index contributed by atoms with van der Waals surface area (Å²) in [5.41, 5.74) is 2.25. The summed E-state index contributed by atoms with van der Waals surface area (Å²) in [4.78, 5) is 17.6. The van der Waals surface area contributed by atoms with E-state index in [1.807, 2.05) is 35.8 Å². The van der Waals surface area contributed by atoms with Crippen molar-refractivity contribution in [1.29, 1.82) is 0 Å². The third-order valence-corrected chi connectivity index (χ3v) is 7.95. The van der Waals surface area contributed by atoms with Gasteiger partial charge in [0.25, 0.3) is 10.0 Å². The Morgan fingerprint density at radius 3 is 2.86 bits per heavy atom. The fraction of sp³-hybridized carbons (Fsp3) is 0.263. The second kappa shape index (κ2) is 6.25. The molecule has 0 spiro atoms. The number of imidazole rings is 1. The number of hydrogen-bond acceptors (Lipinski definition) is 5. The fourth-order valence-corrected chi connectivity index (χ4v) is 6.20. The first-order valence-corrected chi connectivity index (χ1v) is 11.3.